The molecule has 0 unspecified atom stereocenters. The summed E-state index contributed by atoms with van der Waals surface area (Å²) in [6, 6.07) is 9.91. The van der Waals surface area contributed by atoms with E-state index >= 15 is 0 Å². The summed E-state index contributed by atoms with van der Waals surface area (Å²) < 4.78 is 75.7. The molecule has 0 radical (unpaired) electrons. The number of rotatable bonds is 2. The lowest BCUT2D eigenvalue weighted by Gasteiger charge is -2.25. The van der Waals surface area contributed by atoms with Gasteiger partial charge < -0.3 is 10.5 Å². The number of nitrogens with zero attached hydrogens (tertiary/aromatic N) is 2. The maximum atomic E-state index is 14.6. The Morgan fingerprint density at radius 1 is 0.931 bits per heavy atom. The molecule has 29 heavy (non-hydrogen) atoms. The molecule has 0 amide bonds. The maximum Gasteiger partial charge on any atom is 0.244 e. The Hall–Kier alpha value is -3.87. The van der Waals surface area contributed by atoms with Gasteiger partial charge in [-0.1, -0.05) is 30.3 Å². The van der Waals surface area contributed by atoms with Gasteiger partial charge in [0.2, 0.25) is 17.6 Å². The fraction of sp³-hybridized carbons (Fsp3) is 0.0526. The molecule has 2 heterocycles. The minimum Gasteiger partial charge on any atom is -0.420 e. The summed E-state index contributed by atoms with van der Waals surface area (Å²) in [6.07, 6.45) is 0. The molecule has 0 saturated heterocycles. The number of aromatic nitrogens is 2. The number of nitriles is 1. The zero-order valence-corrected chi connectivity index (χ0v) is 14.2. The number of hydrogen-bond donors (Lipinski definition) is 2. The van der Waals surface area contributed by atoms with Gasteiger partial charge in [0.1, 0.15) is 11.6 Å². The van der Waals surface area contributed by atoms with Crippen LogP contribution < -0.4 is 10.5 Å². The first kappa shape index (κ1) is 18.5. The summed E-state index contributed by atoms with van der Waals surface area (Å²) >= 11 is 0. The van der Waals surface area contributed by atoms with E-state index in [1.54, 1.807) is 36.4 Å². The van der Waals surface area contributed by atoms with E-state index in [0.717, 1.165) is 0 Å². The molecule has 146 valence electrons. The van der Waals surface area contributed by atoms with Crippen LogP contribution in [0, 0.1) is 40.4 Å². The third kappa shape index (κ3) is 2.62. The van der Waals surface area contributed by atoms with Crippen LogP contribution in [-0.2, 0) is 0 Å². The fourth-order valence-corrected chi connectivity index (χ4v) is 3.23. The number of allylic oxidation sites excluding steroid dienone is 1. The third-order valence-electron chi connectivity index (χ3n) is 4.53. The van der Waals surface area contributed by atoms with E-state index in [4.69, 9.17) is 10.5 Å². The summed E-state index contributed by atoms with van der Waals surface area (Å²) in [5.41, 5.74) is 4.51. The van der Waals surface area contributed by atoms with Gasteiger partial charge in [0.15, 0.2) is 23.3 Å². The first-order chi connectivity index (χ1) is 13.9. The van der Waals surface area contributed by atoms with Crippen molar-refractivity contribution in [1.29, 1.82) is 5.26 Å². The van der Waals surface area contributed by atoms with Crippen molar-refractivity contribution in [1.82, 2.24) is 10.2 Å². The van der Waals surface area contributed by atoms with Crippen LogP contribution in [0.1, 0.15) is 17.0 Å². The summed E-state index contributed by atoms with van der Waals surface area (Å²) in [7, 11) is 0. The molecule has 1 atom stereocenters. The Balaban J connectivity index is 2.08. The second kappa shape index (κ2) is 6.63. The minimum atomic E-state index is -2.30. The number of hydrogen-bond acceptors (Lipinski definition) is 4. The number of nitrogens with two attached hydrogens (primary N) is 1. The molecular weight excluding hydrogens is 395 g/mol. The van der Waals surface area contributed by atoms with Crippen LogP contribution in [0.5, 0.6) is 5.88 Å². The molecule has 2 aromatic carbocycles. The van der Waals surface area contributed by atoms with Crippen molar-refractivity contribution in [2.24, 2.45) is 5.73 Å². The van der Waals surface area contributed by atoms with E-state index in [1.807, 2.05) is 0 Å². The SMILES string of the molecule is N#CC1=C(N)Oc2n[nH]c(-c3ccccc3)c2[C@@H]1c1c(F)c(F)c(F)c(F)c1F. The molecule has 3 aromatic rings. The van der Waals surface area contributed by atoms with E-state index in [0.29, 0.717) is 5.56 Å². The molecule has 0 bridgehead atoms. The van der Waals surface area contributed by atoms with Gasteiger partial charge in [-0.05, 0) is 5.56 Å². The molecule has 4 rings (SSSR count). The van der Waals surface area contributed by atoms with Crippen LogP contribution in [0.3, 0.4) is 0 Å². The summed E-state index contributed by atoms with van der Waals surface area (Å²) in [5.74, 6) is -13.2. The van der Waals surface area contributed by atoms with Crippen LogP contribution in [0.25, 0.3) is 11.3 Å². The van der Waals surface area contributed by atoms with Crippen molar-refractivity contribution in [3.8, 4) is 23.2 Å². The average molecular weight is 404 g/mol. The number of fused-ring (bicyclic) bond motifs is 1. The molecule has 10 heteroatoms. The van der Waals surface area contributed by atoms with E-state index in [1.165, 1.54) is 0 Å². The van der Waals surface area contributed by atoms with Gasteiger partial charge >= 0.3 is 0 Å². The Bertz CT molecular complexity index is 1180. The van der Waals surface area contributed by atoms with Crippen LogP contribution in [-0.4, -0.2) is 10.2 Å². The first-order valence-electron chi connectivity index (χ1n) is 8.09. The largest absolute Gasteiger partial charge is 0.420 e. The highest BCUT2D eigenvalue weighted by atomic mass is 19.2. The van der Waals surface area contributed by atoms with E-state index in [9.17, 15) is 27.2 Å². The van der Waals surface area contributed by atoms with Crippen LogP contribution in [0.4, 0.5) is 22.0 Å². The molecule has 5 nitrogen and oxygen atoms in total. The van der Waals surface area contributed by atoms with Gasteiger partial charge in [-0.3, -0.25) is 5.10 Å². The minimum absolute atomic E-state index is 0.0786. The molecule has 0 spiro atoms. The van der Waals surface area contributed by atoms with Crippen molar-refractivity contribution >= 4 is 0 Å². The second-order valence-electron chi connectivity index (χ2n) is 6.09. The fourth-order valence-electron chi connectivity index (χ4n) is 3.23. The van der Waals surface area contributed by atoms with Crippen LogP contribution >= 0.6 is 0 Å². The summed E-state index contributed by atoms with van der Waals surface area (Å²) in [5, 5.41) is 16.0. The van der Waals surface area contributed by atoms with Gasteiger partial charge in [0.05, 0.1) is 17.2 Å². The van der Waals surface area contributed by atoms with Gasteiger partial charge in [-0.2, -0.15) is 5.26 Å². The van der Waals surface area contributed by atoms with Crippen LogP contribution in [0.2, 0.25) is 0 Å². The number of ether oxygens (including phenoxy) is 1. The van der Waals surface area contributed by atoms with Crippen molar-refractivity contribution in [3.05, 3.63) is 82.0 Å². The number of H-pyrrole nitrogens is 1. The second-order valence-corrected chi connectivity index (χ2v) is 6.09. The number of nitrogens with one attached hydrogen (secondary N) is 1. The van der Waals surface area contributed by atoms with Gasteiger partial charge in [0, 0.05) is 5.56 Å². The molecular formula is C19H9F5N4O. The Morgan fingerprint density at radius 3 is 2.10 bits per heavy atom. The van der Waals surface area contributed by atoms with Gasteiger partial charge in [0.25, 0.3) is 0 Å². The van der Waals surface area contributed by atoms with Gasteiger partial charge in [-0.15, -0.1) is 5.10 Å². The van der Waals surface area contributed by atoms with E-state index in [2.05, 4.69) is 10.2 Å². The van der Waals surface area contributed by atoms with Crippen molar-refractivity contribution < 1.29 is 26.7 Å². The number of halogens is 5. The molecule has 1 aliphatic heterocycles. The number of benzene rings is 2. The Morgan fingerprint density at radius 2 is 1.52 bits per heavy atom. The van der Waals surface area contributed by atoms with Crippen molar-refractivity contribution in [2.45, 2.75) is 5.92 Å². The smallest absolute Gasteiger partial charge is 0.244 e. The predicted octanol–water partition coefficient (Wildman–Crippen LogP) is 3.99. The Labute approximate surface area is 159 Å². The zero-order chi connectivity index (χ0) is 20.9. The lowest BCUT2D eigenvalue weighted by atomic mass is 9.82. The van der Waals surface area contributed by atoms with Gasteiger partial charge in [-0.25, -0.2) is 22.0 Å². The molecule has 0 saturated carbocycles. The highest BCUT2D eigenvalue weighted by Crippen LogP contribution is 2.47. The van der Waals surface area contributed by atoms with Crippen molar-refractivity contribution in [2.75, 3.05) is 0 Å². The molecule has 0 aliphatic carbocycles. The lowest BCUT2D eigenvalue weighted by molar-refractivity contribution is 0.357. The van der Waals surface area contributed by atoms with Crippen molar-refractivity contribution in [3.63, 3.8) is 0 Å². The normalized spacial score (nSPS) is 15.7. The number of aromatic amines is 1. The Kier molecular flexibility index (Phi) is 4.23. The average Bonchev–Trinajstić information content (AvgIpc) is 3.15. The molecule has 3 N–H and O–H groups in total. The lowest BCUT2D eigenvalue weighted by Crippen LogP contribution is -2.23. The van der Waals surface area contributed by atoms with E-state index in [-0.39, 0.29) is 17.1 Å². The molecule has 0 fully saturated rings. The third-order valence-corrected chi connectivity index (χ3v) is 4.53. The summed E-state index contributed by atoms with van der Waals surface area (Å²) in [4.78, 5) is 0. The first-order valence-corrected chi connectivity index (χ1v) is 8.09. The predicted molar refractivity (Wildman–Crippen MR) is 89.6 cm³/mol. The monoisotopic (exact) mass is 404 g/mol. The quantitative estimate of drug-likeness (QED) is 0.384. The van der Waals surface area contributed by atoms with Crippen LogP contribution in [0.15, 0.2) is 41.8 Å². The standard InChI is InChI=1S/C19H9F5N4O/c20-12-10(13(21)15(23)16(24)14(12)22)9-8(6-25)18(26)29-19-11(9)17(27-28-19)7-4-2-1-3-5-7/h1-5,9H,26H2,(H,27,28)/t9-/m0/s1. The zero-order valence-electron chi connectivity index (χ0n) is 14.2. The molecule has 1 aromatic heterocycles. The topological polar surface area (TPSA) is 87.7 Å². The maximum absolute atomic E-state index is 14.6. The molecule has 1 aliphatic rings. The summed E-state index contributed by atoms with van der Waals surface area (Å²) in [6.45, 7) is 0. The highest BCUT2D eigenvalue weighted by molar-refractivity contribution is 5.71. The van der Waals surface area contributed by atoms with E-state index < -0.39 is 52.0 Å². The highest BCUT2D eigenvalue weighted by Gasteiger charge is 2.41.